The molecule has 0 aromatic heterocycles. The maximum atomic E-state index is 5.88. The summed E-state index contributed by atoms with van der Waals surface area (Å²) in [5, 5.41) is 3.43. The molecule has 0 saturated carbocycles. The zero-order valence-corrected chi connectivity index (χ0v) is 6.98. The molecule has 10 heavy (non-hydrogen) atoms. The lowest BCUT2D eigenvalue weighted by molar-refractivity contribution is 0.401. The number of rotatable bonds is 2. The van der Waals surface area contributed by atoms with Crippen LogP contribution in [0.5, 0.6) is 0 Å². The number of nitrogens with two attached hydrogens (primary N) is 1. The van der Waals surface area contributed by atoms with Crippen LogP contribution in [0.1, 0.15) is 33.1 Å². The largest absolute Gasteiger partial charge is 0.326 e. The zero-order valence-electron chi connectivity index (χ0n) is 6.98. The fourth-order valence-electron chi connectivity index (χ4n) is 1.57. The van der Waals surface area contributed by atoms with Gasteiger partial charge in [0.1, 0.15) is 0 Å². The Morgan fingerprint density at radius 1 is 1.60 bits per heavy atom. The minimum absolute atomic E-state index is 0.00199. The molecule has 2 nitrogen and oxygen atoms in total. The van der Waals surface area contributed by atoms with Crippen molar-refractivity contribution in [2.24, 2.45) is 5.73 Å². The highest BCUT2D eigenvalue weighted by atomic mass is 14.9. The van der Waals surface area contributed by atoms with Gasteiger partial charge in [0.2, 0.25) is 0 Å². The van der Waals surface area contributed by atoms with Crippen molar-refractivity contribution in [1.82, 2.24) is 5.32 Å². The van der Waals surface area contributed by atoms with E-state index in [2.05, 4.69) is 19.2 Å². The molecule has 1 fully saturated rings. The normalized spacial score (nSPS) is 27.3. The van der Waals surface area contributed by atoms with Crippen LogP contribution in [0.2, 0.25) is 0 Å². The van der Waals surface area contributed by atoms with Crippen LogP contribution in [0, 0.1) is 0 Å². The third-order valence-corrected chi connectivity index (χ3v) is 1.93. The monoisotopic (exact) mass is 142 g/mol. The molecule has 1 aliphatic rings. The van der Waals surface area contributed by atoms with Gasteiger partial charge in [0.25, 0.3) is 0 Å². The van der Waals surface area contributed by atoms with E-state index in [0.717, 1.165) is 6.42 Å². The highest BCUT2D eigenvalue weighted by molar-refractivity contribution is 4.83. The van der Waals surface area contributed by atoms with Crippen LogP contribution in [0.3, 0.4) is 0 Å². The first-order valence-electron chi connectivity index (χ1n) is 4.10. The van der Waals surface area contributed by atoms with Gasteiger partial charge in [-0.2, -0.15) is 0 Å². The molecule has 3 N–H and O–H groups in total. The molecule has 1 heterocycles. The van der Waals surface area contributed by atoms with E-state index in [1.54, 1.807) is 0 Å². The Kier molecular flexibility index (Phi) is 2.32. The first-order valence-corrected chi connectivity index (χ1v) is 4.10. The molecule has 1 unspecified atom stereocenters. The van der Waals surface area contributed by atoms with E-state index >= 15 is 0 Å². The highest BCUT2D eigenvalue weighted by Gasteiger charge is 2.21. The van der Waals surface area contributed by atoms with Gasteiger partial charge in [0.05, 0.1) is 0 Å². The van der Waals surface area contributed by atoms with Gasteiger partial charge in [-0.3, -0.25) is 0 Å². The third kappa shape index (κ3) is 2.67. The van der Waals surface area contributed by atoms with Gasteiger partial charge in [-0.15, -0.1) is 0 Å². The Morgan fingerprint density at radius 3 is 2.70 bits per heavy atom. The van der Waals surface area contributed by atoms with Crippen molar-refractivity contribution in [3.05, 3.63) is 0 Å². The Morgan fingerprint density at radius 2 is 2.30 bits per heavy atom. The molecular formula is C8H18N2. The van der Waals surface area contributed by atoms with Gasteiger partial charge in [-0.1, -0.05) is 0 Å². The van der Waals surface area contributed by atoms with E-state index in [-0.39, 0.29) is 5.54 Å². The molecule has 2 heteroatoms. The standard InChI is InChI=1S/C8H18N2/c1-8(2,9)6-7-4-3-5-10-7/h7,10H,3-6,9H2,1-2H3. The van der Waals surface area contributed by atoms with Crippen molar-refractivity contribution in [1.29, 1.82) is 0 Å². The lowest BCUT2D eigenvalue weighted by Crippen LogP contribution is -2.39. The van der Waals surface area contributed by atoms with Crippen LogP contribution in [0.15, 0.2) is 0 Å². The second-order valence-corrected chi connectivity index (χ2v) is 3.99. The number of hydrogen-bond acceptors (Lipinski definition) is 2. The van der Waals surface area contributed by atoms with E-state index in [1.165, 1.54) is 19.4 Å². The molecule has 0 bridgehead atoms. The summed E-state index contributed by atoms with van der Waals surface area (Å²) in [5.74, 6) is 0. The van der Waals surface area contributed by atoms with Gasteiger partial charge >= 0.3 is 0 Å². The lowest BCUT2D eigenvalue weighted by Gasteiger charge is -2.22. The van der Waals surface area contributed by atoms with Crippen LogP contribution >= 0.6 is 0 Å². The molecular weight excluding hydrogens is 124 g/mol. The maximum absolute atomic E-state index is 5.88. The molecule has 60 valence electrons. The summed E-state index contributed by atoms with van der Waals surface area (Å²) in [6.07, 6.45) is 3.73. The quantitative estimate of drug-likeness (QED) is 0.600. The van der Waals surface area contributed by atoms with Crippen LogP contribution < -0.4 is 11.1 Å². The molecule has 1 saturated heterocycles. The van der Waals surface area contributed by atoms with Crippen molar-refractivity contribution >= 4 is 0 Å². The summed E-state index contributed by atoms with van der Waals surface area (Å²) in [6, 6.07) is 0.681. The topological polar surface area (TPSA) is 38.0 Å². The Hall–Kier alpha value is -0.0800. The maximum Gasteiger partial charge on any atom is 0.0112 e. The van der Waals surface area contributed by atoms with Crippen molar-refractivity contribution in [3.63, 3.8) is 0 Å². The second-order valence-electron chi connectivity index (χ2n) is 3.99. The average molecular weight is 142 g/mol. The van der Waals surface area contributed by atoms with Crippen LogP contribution in [0.25, 0.3) is 0 Å². The minimum atomic E-state index is 0.00199. The highest BCUT2D eigenvalue weighted by Crippen LogP contribution is 2.15. The second kappa shape index (κ2) is 2.89. The van der Waals surface area contributed by atoms with E-state index in [4.69, 9.17) is 5.73 Å². The third-order valence-electron chi connectivity index (χ3n) is 1.93. The summed E-state index contributed by atoms with van der Waals surface area (Å²) in [7, 11) is 0. The van der Waals surface area contributed by atoms with Crippen molar-refractivity contribution in [2.45, 2.75) is 44.7 Å². The summed E-state index contributed by atoms with van der Waals surface area (Å²) in [4.78, 5) is 0. The van der Waals surface area contributed by atoms with E-state index in [1.807, 2.05) is 0 Å². The van der Waals surface area contributed by atoms with Crippen molar-refractivity contribution in [3.8, 4) is 0 Å². The fraction of sp³-hybridized carbons (Fsp3) is 1.00. The molecule has 0 spiro atoms. The van der Waals surface area contributed by atoms with Crippen LogP contribution in [-0.2, 0) is 0 Å². The summed E-state index contributed by atoms with van der Waals surface area (Å²) < 4.78 is 0. The first-order chi connectivity index (χ1) is 4.58. The fourth-order valence-corrected chi connectivity index (χ4v) is 1.57. The van der Waals surface area contributed by atoms with E-state index < -0.39 is 0 Å². The van der Waals surface area contributed by atoms with Crippen LogP contribution in [0.4, 0.5) is 0 Å². The minimum Gasteiger partial charge on any atom is -0.326 e. The summed E-state index contributed by atoms with van der Waals surface area (Å²) in [5.41, 5.74) is 5.88. The van der Waals surface area contributed by atoms with Gasteiger partial charge in [0.15, 0.2) is 0 Å². The Labute approximate surface area is 63.2 Å². The summed E-state index contributed by atoms with van der Waals surface area (Å²) in [6.45, 7) is 5.36. The molecule has 0 aromatic rings. The van der Waals surface area contributed by atoms with Crippen molar-refractivity contribution in [2.75, 3.05) is 6.54 Å². The van der Waals surface area contributed by atoms with E-state index in [9.17, 15) is 0 Å². The molecule has 1 aliphatic heterocycles. The zero-order chi connectivity index (χ0) is 7.61. The smallest absolute Gasteiger partial charge is 0.0112 e. The van der Waals surface area contributed by atoms with Crippen molar-refractivity contribution < 1.29 is 0 Å². The number of nitrogens with one attached hydrogen (secondary N) is 1. The van der Waals surface area contributed by atoms with Crippen LogP contribution in [-0.4, -0.2) is 18.1 Å². The number of hydrogen-bond donors (Lipinski definition) is 2. The molecule has 0 aromatic carbocycles. The van der Waals surface area contributed by atoms with Gasteiger partial charge in [-0.05, 0) is 39.7 Å². The predicted molar refractivity (Wildman–Crippen MR) is 43.9 cm³/mol. The lowest BCUT2D eigenvalue weighted by atomic mass is 9.96. The first kappa shape index (κ1) is 8.02. The van der Waals surface area contributed by atoms with Gasteiger partial charge < -0.3 is 11.1 Å². The SMILES string of the molecule is CC(C)(N)CC1CCCN1. The molecule has 1 atom stereocenters. The Bertz CT molecular complexity index is 98.3. The summed E-state index contributed by atoms with van der Waals surface area (Å²) >= 11 is 0. The predicted octanol–water partition coefficient (Wildman–Crippen LogP) is 0.866. The Balaban J connectivity index is 2.24. The average Bonchev–Trinajstić information content (AvgIpc) is 2.12. The molecule has 0 amide bonds. The molecule has 0 radical (unpaired) electrons. The van der Waals surface area contributed by atoms with Gasteiger partial charge in [-0.25, -0.2) is 0 Å². The van der Waals surface area contributed by atoms with Gasteiger partial charge in [0, 0.05) is 11.6 Å². The molecule has 0 aliphatic carbocycles. The molecule has 1 rings (SSSR count). The van der Waals surface area contributed by atoms with E-state index in [0.29, 0.717) is 6.04 Å².